The van der Waals surface area contributed by atoms with Crippen LogP contribution in [0.3, 0.4) is 0 Å². The summed E-state index contributed by atoms with van der Waals surface area (Å²) in [5.41, 5.74) is 2.51. The highest BCUT2D eigenvalue weighted by atomic mass is 16.2. The van der Waals surface area contributed by atoms with Crippen molar-refractivity contribution in [2.45, 2.75) is 31.8 Å². The predicted octanol–water partition coefficient (Wildman–Crippen LogP) is 2.18. The molecule has 3 aromatic rings. The highest BCUT2D eigenvalue weighted by Crippen LogP contribution is 2.23. The summed E-state index contributed by atoms with van der Waals surface area (Å²) < 4.78 is 2.03. The van der Waals surface area contributed by atoms with Crippen LogP contribution in [0.15, 0.2) is 48.9 Å². The van der Waals surface area contributed by atoms with Gasteiger partial charge in [-0.15, -0.1) is 0 Å². The van der Waals surface area contributed by atoms with Crippen LogP contribution in [0.2, 0.25) is 0 Å². The van der Waals surface area contributed by atoms with Crippen LogP contribution in [0.4, 0.5) is 5.82 Å². The van der Waals surface area contributed by atoms with Gasteiger partial charge >= 0.3 is 0 Å². The molecule has 2 amide bonds. The molecular formula is C22H24N6O2. The molecule has 2 aliphatic rings. The molecule has 3 aromatic heterocycles. The van der Waals surface area contributed by atoms with E-state index in [1.54, 1.807) is 12.3 Å². The van der Waals surface area contributed by atoms with E-state index in [-0.39, 0.29) is 17.9 Å². The van der Waals surface area contributed by atoms with E-state index < -0.39 is 0 Å². The van der Waals surface area contributed by atoms with Gasteiger partial charge in [0.1, 0.15) is 11.5 Å². The molecular weight excluding hydrogens is 380 g/mol. The fourth-order valence-electron chi connectivity index (χ4n) is 4.34. The lowest BCUT2D eigenvalue weighted by Crippen LogP contribution is -2.39. The lowest BCUT2D eigenvalue weighted by molar-refractivity contribution is -0.129. The maximum atomic E-state index is 12.8. The van der Waals surface area contributed by atoms with Crippen molar-refractivity contribution in [1.29, 1.82) is 0 Å². The molecule has 8 nitrogen and oxygen atoms in total. The Labute approximate surface area is 174 Å². The number of amides is 2. The lowest BCUT2D eigenvalue weighted by Gasteiger charge is -2.24. The largest absolute Gasteiger partial charge is 0.364 e. The Morgan fingerprint density at radius 3 is 2.87 bits per heavy atom. The van der Waals surface area contributed by atoms with E-state index >= 15 is 0 Å². The van der Waals surface area contributed by atoms with Crippen molar-refractivity contribution in [3.8, 4) is 0 Å². The van der Waals surface area contributed by atoms with Crippen LogP contribution in [0.1, 0.15) is 35.3 Å². The quantitative estimate of drug-likeness (QED) is 0.705. The van der Waals surface area contributed by atoms with Crippen molar-refractivity contribution in [2.75, 3.05) is 25.0 Å². The number of hydrogen-bond acceptors (Lipinski definition) is 5. The smallest absolute Gasteiger partial charge is 0.255 e. The summed E-state index contributed by atoms with van der Waals surface area (Å²) in [6, 6.07) is 9.68. The molecule has 1 N–H and O–H groups in total. The molecule has 5 heterocycles. The second-order valence-corrected chi connectivity index (χ2v) is 7.85. The number of fused-ring (bicyclic) bond motifs is 1. The minimum absolute atomic E-state index is 0.0232. The molecule has 0 aromatic carbocycles. The van der Waals surface area contributed by atoms with Crippen LogP contribution >= 0.6 is 0 Å². The number of imidazole rings is 1. The third kappa shape index (κ3) is 3.49. The second kappa shape index (κ2) is 7.78. The maximum Gasteiger partial charge on any atom is 0.255 e. The number of rotatable bonds is 5. The van der Waals surface area contributed by atoms with Gasteiger partial charge in [-0.2, -0.15) is 0 Å². The van der Waals surface area contributed by atoms with Gasteiger partial charge in [-0.25, -0.2) is 9.97 Å². The first-order valence-corrected chi connectivity index (χ1v) is 10.4. The molecule has 0 saturated carbocycles. The van der Waals surface area contributed by atoms with E-state index in [0.717, 1.165) is 30.7 Å². The summed E-state index contributed by atoms with van der Waals surface area (Å²) in [4.78, 5) is 37.4. The number of carbonyl (C=O) groups excluding carboxylic acids is 2. The molecule has 0 aliphatic carbocycles. The Balaban J connectivity index is 1.19. The summed E-state index contributed by atoms with van der Waals surface area (Å²) in [7, 11) is 0. The minimum Gasteiger partial charge on any atom is -0.364 e. The molecule has 1 atom stereocenters. The van der Waals surface area contributed by atoms with E-state index in [4.69, 9.17) is 0 Å². The zero-order valence-electron chi connectivity index (χ0n) is 16.7. The SMILES string of the molecule is O=C(c1ccc(NCc2cnc3ccccn23)nc1)N1CC[C@H](N2CCCC2=O)C1. The maximum absolute atomic E-state index is 12.8. The molecule has 2 saturated heterocycles. The first-order chi connectivity index (χ1) is 14.7. The van der Waals surface area contributed by atoms with E-state index in [2.05, 4.69) is 15.3 Å². The van der Waals surface area contributed by atoms with Gasteiger partial charge in [-0.1, -0.05) is 6.07 Å². The molecule has 0 spiro atoms. The summed E-state index contributed by atoms with van der Waals surface area (Å²) >= 11 is 0. The highest BCUT2D eigenvalue weighted by Gasteiger charge is 2.35. The number of likely N-dealkylation sites (tertiary alicyclic amines) is 2. The van der Waals surface area contributed by atoms with Crippen LogP contribution in [0, 0.1) is 0 Å². The Morgan fingerprint density at radius 1 is 1.13 bits per heavy atom. The van der Waals surface area contributed by atoms with Crippen molar-refractivity contribution >= 4 is 23.3 Å². The first-order valence-electron chi connectivity index (χ1n) is 10.4. The van der Waals surface area contributed by atoms with Gasteiger partial charge in [0.15, 0.2) is 0 Å². The number of anilines is 1. The molecule has 5 rings (SSSR count). The van der Waals surface area contributed by atoms with E-state index in [1.807, 2.05) is 50.9 Å². The van der Waals surface area contributed by atoms with E-state index in [0.29, 0.717) is 37.4 Å². The average molecular weight is 404 g/mol. The third-order valence-electron chi connectivity index (χ3n) is 5.96. The summed E-state index contributed by atoms with van der Waals surface area (Å²) in [5.74, 6) is 0.904. The monoisotopic (exact) mass is 404 g/mol. The van der Waals surface area contributed by atoms with Crippen LogP contribution in [-0.4, -0.2) is 61.7 Å². The number of hydrogen-bond donors (Lipinski definition) is 1. The van der Waals surface area contributed by atoms with Gasteiger partial charge in [-0.05, 0) is 37.1 Å². The lowest BCUT2D eigenvalue weighted by atomic mass is 10.2. The Kier molecular flexibility index (Phi) is 4.82. The van der Waals surface area contributed by atoms with Crippen molar-refractivity contribution < 1.29 is 9.59 Å². The second-order valence-electron chi connectivity index (χ2n) is 7.85. The van der Waals surface area contributed by atoms with Crippen molar-refractivity contribution in [3.05, 3.63) is 60.2 Å². The van der Waals surface area contributed by atoms with Gasteiger partial charge in [0.05, 0.1) is 30.0 Å². The average Bonchev–Trinajstić information content (AvgIpc) is 3.51. The topological polar surface area (TPSA) is 82.8 Å². The van der Waals surface area contributed by atoms with Crippen LogP contribution < -0.4 is 5.32 Å². The van der Waals surface area contributed by atoms with E-state index in [1.165, 1.54) is 0 Å². The normalized spacial score (nSPS) is 19.1. The minimum atomic E-state index is -0.0232. The zero-order chi connectivity index (χ0) is 20.5. The highest BCUT2D eigenvalue weighted by molar-refractivity contribution is 5.94. The Hall–Kier alpha value is -3.42. The van der Waals surface area contributed by atoms with Crippen LogP contribution in [-0.2, 0) is 11.3 Å². The van der Waals surface area contributed by atoms with Gasteiger partial charge in [0.2, 0.25) is 5.91 Å². The van der Waals surface area contributed by atoms with Gasteiger partial charge in [0.25, 0.3) is 5.91 Å². The summed E-state index contributed by atoms with van der Waals surface area (Å²) in [6.45, 7) is 2.70. The Morgan fingerprint density at radius 2 is 2.07 bits per heavy atom. The first kappa shape index (κ1) is 18.6. The van der Waals surface area contributed by atoms with Gasteiger partial charge in [-0.3, -0.25) is 9.59 Å². The molecule has 0 radical (unpaired) electrons. The zero-order valence-corrected chi connectivity index (χ0v) is 16.7. The molecule has 0 unspecified atom stereocenters. The summed E-state index contributed by atoms with van der Waals surface area (Å²) in [5, 5.41) is 3.28. The molecule has 0 bridgehead atoms. The molecule has 8 heteroatoms. The molecule has 154 valence electrons. The van der Waals surface area contributed by atoms with E-state index in [9.17, 15) is 9.59 Å². The fraction of sp³-hybridized carbons (Fsp3) is 0.364. The number of carbonyl (C=O) groups is 2. The number of nitrogens with zero attached hydrogens (tertiary/aromatic N) is 5. The molecule has 2 fully saturated rings. The molecule has 2 aliphatic heterocycles. The Bertz CT molecular complexity index is 1080. The van der Waals surface area contributed by atoms with Gasteiger partial charge in [0, 0.05) is 38.4 Å². The predicted molar refractivity (Wildman–Crippen MR) is 112 cm³/mol. The van der Waals surface area contributed by atoms with Gasteiger partial charge < -0.3 is 19.5 Å². The fourth-order valence-corrected chi connectivity index (χ4v) is 4.34. The standard InChI is InChI=1S/C22H24N6O2/c29-21-5-3-10-28(21)17-8-11-26(15-17)22(30)16-6-7-19(23-12-16)24-13-18-14-25-20-4-1-2-9-27(18)20/h1-2,4,6-7,9,12,14,17H,3,5,8,10-11,13,15H2,(H,23,24)/t17-/m0/s1. The number of pyridine rings is 2. The summed E-state index contributed by atoms with van der Waals surface area (Å²) in [6.07, 6.45) is 7.86. The molecule has 30 heavy (non-hydrogen) atoms. The van der Waals surface area contributed by atoms with Crippen LogP contribution in [0.25, 0.3) is 5.65 Å². The third-order valence-corrected chi connectivity index (χ3v) is 5.96. The number of aromatic nitrogens is 3. The number of nitrogens with one attached hydrogen (secondary N) is 1. The van der Waals surface area contributed by atoms with Crippen molar-refractivity contribution in [2.24, 2.45) is 0 Å². The van der Waals surface area contributed by atoms with Crippen LogP contribution in [0.5, 0.6) is 0 Å². The van der Waals surface area contributed by atoms with Crippen molar-refractivity contribution in [3.63, 3.8) is 0 Å². The van der Waals surface area contributed by atoms with Crippen molar-refractivity contribution in [1.82, 2.24) is 24.2 Å².